The minimum Gasteiger partial charge on any atom is -0.491 e. The summed E-state index contributed by atoms with van der Waals surface area (Å²) in [5.74, 6) is 1.15. The third kappa shape index (κ3) is 4.02. The zero-order valence-electron chi connectivity index (χ0n) is 12.2. The van der Waals surface area contributed by atoms with Crippen LogP contribution in [0, 0.1) is 5.92 Å². The lowest BCUT2D eigenvalue weighted by Gasteiger charge is -2.24. The van der Waals surface area contributed by atoms with Crippen LogP contribution in [0.3, 0.4) is 0 Å². The number of rotatable bonds is 5. The highest BCUT2D eigenvalue weighted by Crippen LogP contribution is 2.31. The standard InChI is InChI=1S/C16H26O2/c1-6-12(2)14(17)11-18-15-10-8-7-9-13(15)16(3,4)5/h7-10,12,14,17H,6,11H2,1-5H3. The van der Waals surface area contributed by atoms with Crippen molar-refractivity contribution in [2.24, 2.45) is 5.92 Å². The fourth-order valence-corrected chi connectivity index (χ4v) is 1.82. The molecule has 0 aliphatic heterocycles. The highest BCUT2D eigenvalue weighted by atomic mass is 16.5. The first-order valence-electron chi connectivity index (χ1n) is 6.76. The maximum Gasteiger partial charge on any atom is 0.123 e. The van der Waals surface area contributed by atoms with Gasteiger partial charge in [-0.3, -0.25) is 0 Å². The molecule has 0 saturated heterocycles. The Kier molecular flexibility index (Phi) is 5.21. The molecule has 2 heteroatoms. The topological polar surface area (TPSA) is 29.5 Å². The second-order valence-corrected chi connectivity index (χ2v) is 6.01. The third-order valence-corrected chi connectivity index (χ3v) is 3.41. The van der Waals surface area contributed by atoms with E-state index < -0.39 is 6.10 Å². The molecular formula is C16H26O2. The van der Waals surface area contributed by atoms with E-state index in [0.717, 1.165) is 12.2 Å². The van der Waals surface area contributed by atoms with Crippen LogP contribution < -0.4 is 4.74 Å². The fraction of sp³-hybridized carbons (Fsp3) is 0.625. The van der Waals surface area contributed by atoms with Crippen molar-refractivity contribution in [1.29, 1.82) is 0 Å². The molecule has 0 radical (unpaired) electrons. The summed E-state index contributed by atoms with van der Waals surface area (Å²) < 4.78 is 5.80. The highest BCUT2D eigenvalue weighted by Gasteiger charge is 2.19. The van der Waals surface area contributed by atoms with Crippen molar-refractivity contribution in [1.82, 2.24) is 0 Å². The number of hydrogen-bond donors (Lipinski definition) is 1. The number of benzene rings is 1. The van der Waals surface area contributed by atoms with Gasteiger partial charge in [-0.15, -0.1) is 0 Å². The van der Waals surface area contributed by atoms with Crippen LogP contribution in [0.4, 0.5) is 0 Å². The van der Waals surface area contributed by atoms with Gasteiger partial charge in [0.1, 0.15) is 12.4 Å². The van der Waals surface area contributed by atoms with E-state index >= 15 is 0 Å². The summed E-state index contributed by atoms with van der Waals surface area (Å²) in [4.78, 5) is 0. The van der Waals surface area contributed by atoms with E-state index in [1.54, 1.807) is 0 Å². The normalized spacial score (nSPS) is 15.2. The smallest absolute Gasteiger partial charge is 0.123 e. The van der Waals surface area contributed by atoms with Crippen molar-refractivity contribution in [3.63, 3.8) is 0 Å². The maximum atomic E-state index is 9.95. The Balaban J connectivity index is 2.74. The number of aliphatic hydroxyl groups excluding tert-OH is 1. The van der Waals surface area contributed by atoms with Gasteiger partial charge < -0.3 is 9.84 Å². The summed E-state index contributed by atoms with van der Waals surface area (Å²) in [6, 6.07) is 8.06. The van der Waals surface area contributed by atoms with Gasteiger partial charge in [-0.05, 0) is 23.0 Å². The zero-order chi connectivity index (χ0) is 13.8. The van der Waals surface area contributed by atoms with E-state index in [1.165, 1.54) is 5.56 Å². The molecule has 0 aromatic heterocycles. The lowest BCUT2D eigenvalue weighted by atomic mass is 9.86. The molecule has 0 heterocycles. The molecule has 0 amide bonds. The zero-order valence-corrected chi connectivity index (χ0v) is 12.2. The summed E-state index contributed by atoms with van der Waals surface area (Å²) in [5, 5.41) is 9.95. The molecule has 18 heavy (non-hydrogen) atoms. The first-order chi connectivity index (χ1) is 8.36. The summed E-state index contributed by atoms with van der Waals surface area (Å²) in [6.45, 7) is 11.0. The Bertz CT molecular complexity index is 366. The average Bonchev–Trinajstić information content (AvgIpc) is 2.34. The Hall–Kier alpha value is -1.02. The Morgan fingerprint density at radius 3 is 2.39 bits per heavy atom. The highest BCUT2D eigenvalue weighted by molar-refractivity contribution is 5.38. The summed E-state index contributed by atoms with van der Waals surface area (Å²) in [7, 11) is 0. The molecule has 2 atom stereocenters. The van der Waals surface area contributed by atoms with E-state index in [9.17, 15) is 5.11 Å². The molecule has 102 valence electrons. The third-order valence-electron chi connectivity index (χ3n) is 3.41. The van der Waals surface area contributed by atoms with Gasteiger partial charge in [0.25, 0.3) is 0 Å². The van der Waals surface area contributed by atoms with Crippen molar-refractivity contribution >= 4 is 0 Å². The molecule has 2 unspecified atom stereocenters. The van der Waals surface area contributed by atoms with Gasteiger partial charge in [-0.2, -0.15) is 0 Å². The van der Waals surface area contributed by atoms with Gasteiger partial charge >= 0.3 is 0 Å². The minimum atomic E-state index is -0.400. The van der Waals surface area contributed by atoms with Gasteiger partial charge in [0.2, 0.25) is 0 Å². The molecule has 1 aromatic rings. The molecule has 1 rings (SSSR count). The number of ether oxygens (including phenoxy) is 1. The molecule has 0 saturated carbocycles. The van der Waals surface area contributed by atoms with Crippen molar-refractivity contribution in [3.05, 3.63) is 29.8 Å². The average molecular weight is 250 g/mol. The predicted octanol–water partition coefficient (Wildman–Crippen LogP) is 3.77. The van der Waals surface area contributed by atoms with Crippen molar-refractivity contribution in [2.75, 3.05) is 6.61 Å². The largest absolute Gasteiger partial charge is 0.491 e. The number of para-hydroxylation sites is 1. The van der Waals surface area contributed by atoms with Gasteiger partial charge in [-0.25, -0.2) is 0 Å². The summed E-state index contributed by atoms with van der Waals surface area (Å²) in [6.07, 6.45) is 0.564. The van der Waals surface area contributed by atoms with E-state index in [-0.39, 0.29) is 11.3 Å². The maximum absolute atomic E-state index is 9.95. The van der Waals surface area contributed by atoms with Crippen LogP contribution >= 0.6 is 0 Å². The van der Waals surface area contributed by atoms with Crippen LogP contribution in [-0.4, -0.2) is 17.8 Å². The van der Waals surface area contributed by atoms with Crippen LogP contribution in [0.1, 0.15) is 46.6 Å². The predicted molar refractivity (Wildman–Crippen MR) is 76.1 cm³/mol. The number of aliphatic hydroxyl groups is 1. The lowest BCUT2D eigenvalue weighted by Crippen LogP contribution is -2.25. The van der Waals surface area contributed by atoms with E-state index in [1.807, 2.05) is 25.1 Å². The van der Waals surface area contributed by atoms with Crippen molar-refractivity contribution in [3.8, 4) is 5.75 Å². The Morgan fingerprint density at radius 2 is 1.83 bits per heavy atom. The minimum absolute atomic E-state index is 0.0535. The SMILES string of the molecule is CCC(C)C(O)COc1ccccc1C(C)(C)C. The summed E-state index contributed by atoms with van der Waals surface area (Å²) >= 11 is 0. The molecule has 0 fully saturated rings. The molecule has 0 bridgehead atoms. The van der Waals surface area contributed by atoms with Crippen LogP contribution in [0.2, 0.25) is 0 Å². The van der Waals surface area contributed by atoms with Crippen LogP contribution in [0.15, 0.2) is 24.3 Å². The Morgan fingerprint density at radius 1 is 1.22 bits per heavy atom. The second-order valence-electron chi connectivity index (χ2n) is 6.01. The lowest BCUT2D eigenvalue weighted by molar-refractivity contribution is 0.0614. The van der Waals surface area contributed by atoms with E-state index in [0.29, 0.717) is 6.61 Å². The molecule has 2 nitrogen and oxygen atoms in total. The van der Waals surface area contributed by atoms with Crippen molar-refractivity contribution in [2.45, 2.75) is 52.6 Å². The van der Waals surface area contributed by atoms with Crippen molar-refractivity contribution < 1.29 is 9.84 Å². The number of hydrogen-bond acceptors (Lipinski definition) is 2. The van der Waals surface area contributed by atoms with Crippen LogP contribution in [0.5, 0.6) is 5.75 Å². The Labute approximate surface area is 111 Å². The summed E-state index contributed by atoms with van der Waals surface area (Å²) in [5.41, 5.74) is 1.24. The first-order valence-corrected chi connectivity index (χ1v) is 6.76. The monoisotopic (exact) mass is 250 g/mol. The van der Waals surface area contributed by atoms with Gasteiger partial charge in [0.05, 0.1) is 6.10 Å². The molecule has 1 N–H and O–H groups in total. The quantitative estimate of drug-likeness (QED) is 0.862. The fourth-order valence-electron chi connectivity index (χ4n) is 1.82. The molecule has 0 aliphatic carbocycles. The van der Waals surface area contributed by atoms with Crippen LogP contribution in [-0.2, 0) is 5.41 Å². The first kappa shape index (κ1) is 15.0. The van der Waals surface area contributed by atoms with Gasteiger partial charge in [0, 0.05) is 0 Å². The molecule has 0 aliphatic rings. The van der Waals surface area contributed by atoms with Gasteiger partial charge in [0.15, 0.2) is 0 Å². The van der Waals surface area contributed by atoms with E-state index in [4.69, 9.17) is 4.74 Å². The van der Waals surface area contributed by atoms with E-state index in [2.05, 4.69) is 33.8 Å². The van der Waals surface area contributed by atoms with Crippen LogP contribution in [0.25, 0.3) is 0 Å². The molecule has 1 aromatic carbocycles. The van der Waals surface area contributed by atoms with Gasteiger partial charge in [-0.1, -0.05) is 59.2 Å². The second kappa shape index (κ2) is 6.24. The molecular weight excluding hydrogens is 224 g/mol. The molecule has 0 spiro atoms.